The lowest BCUT2D eigenvalue weighted by atomic mass is 9.95. The Morgan fingerprint density at radius 3 is 2.86 bits per heavy atom. The highest BCUT2D eigenvalue weighted by atomic mass is 19.1. The van der Waals surface area contributed by atoms with Gasteiger partial charge in [-0.25, -0.2) is 4.39 Å². The summed E-state index contributed by atoms with van der Waals surface area (Å²) in [7, 11) is 5.51. The molecule has 0 aliphatic carbocycles. The van der Waals surface area contributed by atoms with Crippen molar-refractivity contribution in [2.45, 2.75) is 6.67 Å². The van der Waals surface area contributed by atoms with Crippen molar-refractivity contribution in [3.63, 3.8) is 0 Å². The Kier molecular flexibility index (Phi) is 2.12. The molecule has 2 radical (unpaired) electrons. The molecule has 0 unspecified atom stereocenters. The summed E-state index contributed by atoms with van der Waals surface area (Å²) in [6, 6.07) is 5.82. The molecular formula is C10H6BFO2. The SMILES string of the molecule is [B]c1ccc2oc(CF)cc(=O)c2c1. The van der Waals surface area contributed by atoms with Crippen LogP contribution in [0.15, 0.2) is 33.5 Å². The number of rotatable bonds is 1. The topological polar surface area (TPSA) is 30.2 Å². The van der Waals surface area contributed by atoms with Gasteiger partial charge in [-0.1, -0.05) is 17.6 Å². The van der Waals surface area contributed by atoms with Gasteiger partial charge in [0.1, 0.15) is 25.9 Å². The van der Waals surface area contributed by atoms with E-state index in [0.29, 0.717) is 16.4 Å². The molecule has 0 amide bonds. The molecule has 0 atom stereocenters. The smallest absolute Gasteiger partial charge is 0.193 e. The Balaban J connectivity index is 2.83. The summed E-state index contributed by atoms with van der Waals surface area (Å²) in [4.78, 5) is 11.4. The van der Waals surface area contributed by atoms with E-state index in [-0.39, 0.29) is 11.2 Å². The summed E-state index contributed by atoms with van der Waals surface area (Å²) in [5.74, 6) is 0.0345. The van der Waals surface area contributed by atoms with Gasteiger partial charge in [0.15, 0.2) is 5.43 Å². The first kappa shape index (κ1) is 9.00. The van der Waals surface area contributed by atoms with Crippen molar-refractivity contribution in [3.05, 3.63) is 40.2 Å². The molecule has 2 nitrogen and oxygen atoms in total. The molecule has 14 heavy (non-hydrogen) atoms. The van der Waals surface area contributed by atoms with Gasteiger partial charge in [-0.05, 0) is 6.07 Å². The van der Waals surface area contributed by atoms with E-state index < -0.39 is 6.67 Å². The van der Waals surface area contributed by atoms with Crippen LogP contribution >= 0.6 is 0 Å². The standard InChI is InChI=1S/C10H6BFO2/c11-6-1-2-10-8(3-6)9(13)4-7(5-12)14-10/h1-4H,5H2. The lowest BCUT2D eigenvalue weighted by molar-refractivity contribution is 0.401. The molecule has 0 spiro atoms. The maximum absolute atomic E-state index is 12.3. The van der Waals surface area contributed by atoms with E-state index in [2.05, 4.69) is 0 Å². The van der Waals surface area contributed by atoms with E-state index in [4.69, 9.17) is 12.3 Å². The van der Waals surface area contributed by atoms with Gasteiger partial charge < -0.3 is 4.42 Å². The second kappa shape index (κ2) is 3.29. The molecule has 0 saturated heterocycles. The zero-order valence-corrected chi connectivity index (χ0v) is 7.29. The van der Waals surface area contributed by atoms with Gasteiger partial charge in [-0.2, -0.15) is 0 Å². The average molecular weight is 188 g/mol. The van der Waals surface area contributed by atoms with Crippen LogP contribution in [0.25, 0.3) is 11.0 Å². The Morgan fingerprint density at radius 2 is 2.14 bits per heavy atom. The molecule has 0 fully saturated rings. The number of hydrogen-bond donors (Lipinski definition) is 0. The van der Waals surface area contributed by atoms with Gasteiger partial charge in [0.25, 0.3) is 0 Å². The number of alkyl halides is 1. The summed E-state index contributed by atoms with van der Waals surface area (Å²) in [6.45, 7) is -0.782. The molecule has 4 heteroatoms. The summed E-state index contributed by atoms with van der Waals surface area (Å²) in [6.07, 6.45) is 0. The summed E-state index contributed by atoms with van der Waals surface area (Å²) in [5.41, 5.74) is 0.573. The fraction of sp³-hybridized carbons (Fsp3) is 0.100. The Hall–Kier alpha value is -1.58. The molecule has 2 aromatic rings. The molecule has 0 aliphatic heterocycles. The van der Waals surface area contributed by atoms with Crippen molar-refractivity contribution < 1.29 is 8.81 Å². The van der Waals surface area contributed by atoms with E-state index >= 15 is 0 Å². The Bertz CT molecular complexity index is 533. The van der Waals surface area contributed by atoms with Gasteiger partial charge in [0, 0.05) is 6.07 Å². The van der Waals surface area contributed by atoms with Crippen molar-refractivity contribution in [3.8, 4) is 0 Å². The van der Waals surface area contributed by atoms with Gasteiger partial charge >= 0.3 is 0 Å². The highest BCUT2D eigenvalue weighted by Gasteiger charge is 2.03. The monoisotopic (exact) mass is 188 g/mol. The Morgan fingerprint density at radius 1 is 1.36 bits per heavy atom. The van der Waals surface area contributed by atoms with E-state index in [1.54, 1.807) is 12.1 Å². The normalized spacial score (nSPS) is 10.6. The number of hydrogen-bond acceptors (Lipinski definition) is 2. The van der Waals surface area contributed by atoms with Gasteiger partial charge in [0.2, 0.25) is 0 Å². The number of fused-ring (bicyclic) bond motifs is 1. The fourth-order valence-corrected chi connectivity index (χ4v) is 1.29. The number of benzene rings is 1. The molecule has 68 valence electrons. The first-order valence-electron chi connectivity index (χ1n) is 4.09. The van der Waals surface area contributed by atoms with Crippen molar-refractivity contribution >= 4 is 24.3 Å². The van der Waals surface area contributed by atoms with E-state index in [1.807, 2.05) is 0 Å². The van der Waals surface area contributed by atoms with Crippen LogP contribution in [0.2, 0.25) is 0 Å². The summed E-state index contributed by atoms with van der Waals surface area (Å²) >= 11 is 0. The third-order valence-electron chi connectivity index (χ3n) is 1.93. The van der Waals surface area contributed by atoms with Gasteiger partial charge in [0.05, 0.1) is 5.39 Å². The lowest BCUT2D eigenvalue weighted by Crippen LogP contribution is -2.07. The summed E-state index contributed by atoms with van der Waals surface area (Å²) < 4.78 is 17.4. The van der Waals surface area contributed by atoms with Crippen LogP contribution < -0.4 is 10.9 Å². The fourth-order valence-electron chi connectivity index (χ4n) is 1.29. The second-order valence-electron chi connectivity index (χ2n) is 2.97. The van der Waals surface area contributed by atoms with E-state index in [1.165, 1.54) is 6.07 Å². The average Bonchev–Trinajstić information content (AvgIpc) is 2.19. The second-order valence-corrected chi connectivity index (χ2v) is 2.97. The van der Waals surface area contributed by atoms with Crippen LogP contribution in [0.4, 0.5) is 4.39 Å². The number of halogens is 1. The molecule has 0 bridgehead atoms. The minimum Gasteiger partial charge on any atom is -0.458 e. The van der Waals surface area contributed by atoms with Crippen molar-refractivity contribution in [2.75, 3.05) is 0 Å². The molecule has 1 aromatic heterocycles. The van der Waals surface area contributed by atoms with Crippen LogP contribution in [0.3, 0.4) is 0 Å². The van der Waals surface area contributed by atoms with Gasteiger partial charge in [-0.15, -0.1) is 0 Å². The van der Waals surface area contributed by atoms with Crippen LogP contribution in [0.5, 0.6) is 0 Å². The zero-order chi connectivity index (χ0) is 10.1. The quantitative estimate of drug-likeness (QED) is 0.626. The molecule has 1 aromatic carbocycles. The molecular weight excluding hydrogens is 182 g/mol. The largest absolute Gasteiger partial charge is 0.458 e. The maximum atomic E-state index is 12.3. The molecule has 0 saturated carbocycles. The van der Waals surface area contributed by atoms with E-state index in [0.717, 1.165) is 6.07 Å². The van der Waals surface area contributed by atoms with Crippen LogP contribution in [-0.2, 0) is 6.67 Å². The van der Waals surface area contributed by atoms with Crippen molar-refractivity contribution in [1.29, 1.82) is 0 Å². The predicted octanol–water partition coefficient (Wildman–Crippen LogP) is 1.06. The van der Waals surface area contributed by atoms with E-state index in [9.17, 15) is 9.18 Å². The van der Waals surface area contributed by atoms with Gasteiger partial charge in [-0.3, -0.25) is 4.79 Å². The molecule has 1 heterocycles. The highest BCUT2D eigenvalue weighted by molar-refractivity contribution is 6.33. The molecule has 0 aliphatic rings. The van der Waals surface area contributed by atoms with Crippen molar-refractivity contribution in [1.82, 2.24) is 0 Å². The first-order chi connectivity index (χ1) is 6.70. The minimum atomic E-state index is -0.782. The van der Waals surface area contributed by atoms with Crippen LogP contribution in [0.1, 0.15) is 5.76 Å². The third-order valence-corrected chi connectivity index (χ3v) is 1.93. The highest BCUT2D eigenvalue weighted by Crippen LogP contribution is 2.10. The zero-order valence-electron chi connectivity index (χ0n) is 7.29. The summed E-state index contributed by atoms with van der Waals surface area (Å²) in [5, 5.41) is 0.377. The first-order valence-corrected chi connectivity index (χ1v) is 4.09. The molecule has 2 rings (SSSR count). The maximum Gasteiger partial charge on any atom is 0.193 e. The Labute approximate surface area is 80.8 Å². The molecule has 0 N–H and O–H groups in total. The lowest BCUT2D eigenvalue weighted by Gasteiger charge is -2.00. The van der Waals surface area contributed by atoms with Crippen LogP contribution in [-0.4, -0.2) is 7.85 Å². The third kappa shape index (κ3) is 1.43. The predicted molar refractivity (Wildman–Crippen MR) is 52.7 cm³/mol. The van der Waals surface area contributed by atoms with Crippen molar-refractivity contribution in [2.24, 2.45) is 0 Å². The minimum absolute atomic E-state index is 0.0345. The van der Waals surface area contributed by atoms with Crippen LogP contribution in [0, 0.1) is 0 Å².